The van der Waals surface area contributed by atoms with Gasteiger partial charge in [0.25, 0.3) is 5.92 Å². The second kappa shape index (κ2) is 8.03. The van der Waals surface area contributed by atoms with Gasteiger partial charge in [0.1, 0.15) is 11.4 Å². The van der Waals surface area contributed by atoms with Crippen LogP contribution in [0.3, 0.4) is 0 Å². The van der Waals surface area contributed by atoms with E-state index in [0.29, 0.717) is 5.56 Å². The Morgan fingerprint density at radius 3 is 2.81 bits per heavy atom. The fourth-order valence-corrected chi connectivity index (χ4v) is 2.59. The molecule has 3 amide bonds. The molecule has 0 radical (unpaired) electrons. The number of methoxy groups -OCH3 is 1. The molecule has 10 heteroatoms. The lowest BCUT2D eigenvalue weighted by Gasteiger charge is -2.38. The second-order valence-corrected chi connectivity index (χ2v) is 7.22. The number of pyridine rings is 1. The fourth-order valence-electron chi connectivity index (χ4n) is 2.59. The van der Waals surface area contributed by atoms with Crippen molar-refractivity contribution in [3.8, 4) is 0 Å². The molecule has 1 atom stereocenters. The third-order valence-electron chi connectivity index (χ3n) is 3.66. The molecule has 1 aromatic rings. The number of nitrogens with one attached hydrogen (secondary N) is 2. The van der Waals surface area contributed by atoms with Crippen molar-refractivity contribution in [1.82, 2.24) is 15.2 Å². The number of halogens is 2. The monoisotopic (exact) mass is 386 g/mol. The van der Waals surface area contributed by atoms with Crippen LogP contribution in [0.4, 0.5) is 24.2 Å². The molecule has 8 nitrogen and oxygen atoms in total. The van der Waals surface area contributed by atoms with Gasteiger partial charge in [-0.2, -0.15) is 0 Å². The first-order valence-corrected chi connectivity index (χ1v) is 8.38. The first-order valence-electron chi connectivity index (χ1n) is 8.38. The maximum absolute atomic E-state index is 13.8. The number of carbonyl (C=O) groups is 2. The molecule has 2 N–H and O–H groups in total. The number of ether oxygens (including phenoxy) is 2. The molecule has 0 saturated carbocycles. The van der Waals surface area contributed by atoms with Gasteiger partial charge in [-0.3, -0.25) is 5.32 Å². The van der Waals surface area contributed by atoms with Crippen LogP contribution in [0.1, 0.15) is 32.4 Å². The van der Waals surface area contributed by atoms with Crippen molar-refractivity contribution < 1.29 is 27.8 Å². The van der Waals surface area contributed by atoms with Gasteiger partial charge < -0.3 is 19.7 Å². The van der Waals surface area contributed by atoms with Crippen molar-refractivity contribution in [2.24, 2.45) is 0 Å². The van der Waals surface area contributed by atoms with E-state index in [2.05, 4.69) is 15.6 Å². The Morgan fingerprint density at radius 2 is 2.19 bits per heavy atom. The van der Waals surface area contributed by atoms with Crippen molar-refractivity contribution in [3.05, 3.63) is 23.9 Å². The standard InChI is InChI=1S/C17H24F2N4O4/c1-16(2,3)27-15(25)22-13-7-11(5-6-20-13)12(8-26-4)23-10-17(18,19)9-21-14(23)24/h5-7,12H,8-10H2,1-4H3,(H,21,24)(H,20,22,25)/t12-/m1/s1. The molecule has 2 rings (SSSR count). The first-order chi connectivity index (χ1) is 12.5. The lowest BCUT2D eigenvalue weighted by atomic mass is 10.1. The van der Waals surface area contributed by atoms with E-state index in [9.17, 15) is 18.4 Å². The third-order valence-corrected chi connectivity index (χ3v) is 3.66. The number of nitrogens with zero attached hydrogens (tertiary/aromatic N) is 2. The maximum atomic E-state index is 13.8. The van der Waals surface area contributed by atoms with E-state index in [-0.39, 0.29) is 12.4 Å². The summed E-state index contributed by atoms with van der Waals surface area (Å²) >= 11 is 0. The number of urea groups is 1. The molecule has 150 valence electrons. The van der Waals surface area contributed by atoms with E-state index in [4.69, 9.17) is 9.47 Å². The quantitative estimate of drug-likeness (QED) is 0.812. The molecule has 27 heavy (non-hydrogen) atoms. The predicted octanol–water partition coefficient (Wildman–Crippen LogP) is 2.78. The Bertz CT molecular complexity index is 694. The number of anilines is 1. The predicted molar refractivity (Wildman–Crippen MR) is 93.8 cm³/mol. The molecule has 0 aromatic carbocycles. The largest absolute Gasteiger partial charge is 0.444 e. The van der Waals surface area contributed by atoms with Gasteiger partial charge >= 0.3 is 12.1 Å². The lowest BCUT2D eigenvalue weighted by molar-refractivity contribution is -0.0509. The minimum absolute atomic E-state index is 0.000604. The van der Waals surface area contributed by atoms with Gasteiger partial charge in [0.15, 0.2) is 0 Å². The summed E-state index contributed by atoms with van der Waals surface area (Å²) in [6.07, 6.45) is 0.711. The van der Waals surface area contributed by atoms with Crippen LogP contribution in [0.5, 0.6) is 0 Å². The summed E-state index contributed by atoms with van der Waals surface area (Å²) in [5.74, 6) is -2.88. The third kappa shape index (κ3) is 6.02. The molecule has 1 saturated heterocycles. The first kappa shape index (κ1) is 20.8. The lowest BCUT2D eigenvalue weighted by Crippen LogP contribution is -2.58. The average molecular weight is 386 g/mol. The van der Waals surface area contributed by atoms with Crippen molar-refractivity contribution in [2.45, 2.75) is 38.3 Å². The van der Waals surface area contributed by atoms with E-state index in [1.807, 2.05) is 0 Å². The zero-order valence-electron chi connectivity index (χ0n) is 15.7. The van der Waals surface area contributed by atoms with Gasteiger partial charge in [-0.05, 0) is 38.5 Å². The van der Waals surface area contributed by atoms with Crippen molar-refractivity contribution >= 4 is 17.9 Å². The zero-order chi connectivity index (χ0) is 20.2. The Morgan fingerprint density at radius 1 is 1.48 bits per heavy atom. The Labute approximate surface area is 156 Å². The van der Waals surface area contributed by atoms with Gasteiger partial charge in [-0.15, -0.1) is 0 Å². The van der Waals surface area contributed by atoms with Crippen LogP contribution in [0, 0.1) is 0 Å². The van der Waals surface area contributed by atoms with Gasteiger partial charge in [0.05, 0.1) is 25.7 Å². The number of aromatic nitrogens is 1. The van der Waals surface area contributed by atoms with Crippen molar-refractivity contribution in [3.63, 3.8) is 0 Å². The van der Waals surface area contributed by atoms with Gasteiger partial charge in [-0.1, -0.05) is 0 Å². The highest BCUT2D eigenvalue weighted by molar-refractivity contribution is 5.83. The minimum Gasteiger partial charge on any atom is -0.444 e. The number of amides is 3. The van der Waals surface area contributed by atoms with Gasteiger partial charge in [0, 0.05) is 13.3 Å². The molecule has 0 bridgehead atoms. The van der Waals surface area contributed by atoms with Crippen LogP contribution < -0.4 is 10.6 Å². The normalized spacial score (nSPS) is 17.9. The van der Waals surface area contributed by atoms with Crippen molar-refractivity contribution in [2.75, 3.05) is 32.1 Å². The summed E-state index contributed by atoms with van der Waals surface area (Å²) in [5.41, 5.74) is -0.191. The highest BCUT2D eigenvalue weighted by Gasteiger charge is 2.42. The smallest absolute Gasteiger partial charge is 0.413 e. The average Bonchev–Trinajstić information content (AvgIpc) is 2.53. The molecule has 1 aliphatic rings. The molecular weight excluding hydrogens is 362 g/mol. The molecule has 2 heterocycles. The topological polar surface area (TPSA) is 92.8 Å². The van der Waals surface area contributed by atoms with E-state index < -0.39 is 42.8 Å². The SMILES string of the molecule is COC[C@H](c1ccnc(NC(=O)OC(C)(C)C)c1)N1CC(F)(F)CNC1=O. The number of carbonyl (C=O) groups excluding carboxylic acids is 2. The van der Waals surface area contributed by atoms with Gasteiger partial charge in [0.2, 0.25) is 0 Å². The van der Waals surface area contributed by atoms with Crippen LogP contribution in [-0.2, 0) is 9.47 Å². The summed E-state index contributed by atoms with van der Waals surface area (Å²) in [5, 5.41) is 4.67. The number of hydrogen-bond acceptors (Lipinski definition) is 5. The van der Waals surface area contributed by atoms with E-state index in [1.165, 1.54) is 19.4 Å². The molecular formula is C17H24F2N4O4. The zero-order valence-corrected chi connectivity index (χ0v) is 15.7. The fraction of sp³-hybridized carbons (Fsp3) is 0.588. The van der Waals surface area contributed by atoms with Crippen LogP contribution >= 0.6 is 0 Å². The van der Waals surface area contributed by atoms with Crippen LogP contribution in [-0.4, -0.2) is 60.3 Å². The summed E-state index contributed by atoms with van der Waals surface area (Å²) < 4.78 is 37.8. The summed E-state index contributed by atoms with van der Waals surface area (Å²) in [4.78, 5) is 29.1. The van der Waals surface area contributed by atoms with Gasteiger partial charge in [-0.25, -0.2) is 23.4 Å². The minimum atomic E-state index is -3.05. The van der Waals surface area contributed by atoms with Crippen molar-refractivity contribution in [1.29, 1.82) is 0 Å². The number of rotatable bonds is 5. The maximum Gasteiger partial charge on any atom is 0.413 e. The molecule has 1 fully saturated rings. The summed E-state index contributed by atoms with van der Waals surface area (Å²) in [6, 6.07) is 1.68. The summed E-state index contributed by atoms with van der Waals surface area (Å²) in [6.45, 7) is 3.73. The molecule has 1 aromatic heterocycles. The van der Waals surface area contributed by atoms with Crippen LogP contribution in [0.15, 0.2) is 18.3 Å². The highest BCUT2D eigenvalue weighted by atomic mass is 19.3. The van der Waals surface area contributed by atoms with E-state index in [0.717, 1.165) is 4.90 Å². The van der Waals surface area contributed by atoms with Crippen LogP contribution in [0.2, 0.25) is 0 Å². The number of hydrogen-bond donors (Lipinski definition) is 2. The highest BCUT2D eigenvalue weighted by Crippen LogP contribution is 2.28. The number of alkyl halides is 2. The van der Waals surface area contributed by atoms with E-state index >= 15 is 0 Å². The Kier molecular flexibility index (Phi) is 6.19. The van der Waals surface area contributed by atoms with E-state index in [1.54, 1.807) is 26.8 Å². The molecule has 0 aliphatic carbocycles. The molecule has 0 unspecified atom stereocenters. The van der Waals surface area contributed by atoms with Crippen LogP contribution in [0.25, 0.3) is 0 Å². The second-order valence-electron chi connectivity index (χ2n) is 7.22. The summed E-state index contributed by atoms with van der Waals surface area (Å²) in [7, 11) is 1.41. The molecule has 0 spiro atoms. The Hall–Kier alpha value is -2.49. The molecule has 1 aliphatic heterocycles. The Balaban J connectivity index is 2.22.